The third kappa shape index (κ3) is 4.10. The molecule has 0 unspecified atom stereocenters. The van der Waals surface area contributed by atoms with E-state index in [1.165, 1.54) is 0 Å². The van der Waals surface area contributed by atoms with Gasteiger partial charge in [0.25, 0.3) is 11.8 Å². The molecule has 0 saturated heterocycles. The van der Waals surface area contributed by atoms with Crippen LogP contribution in [0.1, 0.15) is 0 Å². The van der Waals surface area contributed by atoms with Gasteiger partial charge in [-0.15, -0.1) is 0 Å². The lowest BCUT2D eigenvalue weighted by Crippen LogP contribution is -2.24. The number of amides is 2. The number of likely N-dealkylation sites (N-methyl/N-ethyl adjacent to an activating group) is 1. The average molecular weight is 288 g/mol. The van der Waals surface area contributed by atoms with Crippen molar-refractivity contribution < 1.29 is 19.1 Å². The molecule has 2 amide bonds. The van der Waals surface area contributed by atoms with Crippen LogP contribution < -0.4 is 20.5 Å². The van der Waals surface area contributed by atoms with E-state index in [0.717, 1.165) is 10.8 Å². The van der Waals surface area contributed by atoms with Crippen LogP contribution in [0.3, 0.4) is 0 Å². The number of ether oxygens (including phenoxy) is 2. The van der Waals surface area contributed by atoms with Gasteiger partial charge in [-0.1, -0.05) is 12.1 Å². The number of nitrogens with two attached hydrogens (primary N) is 1. The number of fused-ring (bicyclic) bond motifs is 1. The van der Waals surface area contributed by atoms with E-state index in [0.29, 0.717) is 11.5 Å². The van der Waals surface area contributed by atoms with E-state index in [1.807, 2.05) is 18.2 Å². The summed E-state index contributed by atoms with van der Waals surface area (Å²) in [5.41, 5.74) is 5.03. The minimum Gasteiger partial charge on any atom is -0.484 e. The van der Waals surface area contributed by atoms with Gasteiger partial charge in [-0.05, 0) is 35.0 Å². The van der Waals surface area contributed by atoms with Crippen LogP contribution in [-0.2, 0) is 9.59 Å². The molecule has 21 heavy (non-hydrogen) atoms. The van der Waals surface area contributed by atoms with Crippen LogP contribution in [0, 0.1) is 0 Å². The summed E-state index contributed by atoms with van der Waals surface area (Å²) in [6.07, 6.45) is 0. The summed E-state index contributed by atoms with van der Waals surface area (Å²) in [4.78, 5) is 21.8. The second-order valence-electron chi connectivity index (χ2n) is 4.39. The number of benzene rings is 2. The monoisotopic (exact) mass is 288 g/mol. The molecule has 0 radical (unpaired) electrons. The topological polar surface area (TPSA) is 90.7 Å². The smallest absolute Gasteiger partial charge is 0.257 e. The maximum Gasteiger partial charge on any atom is 0.257 e. The molecule has 2 rings (SSSR count). The molecule has 0 bridgehead atoms. The van der Waals surface area contributed by atoms with Gasteiger partial charge in [-0.3, -0.25) is 9.59 Å². The van der Waals surface area contributed by atoms with Crippen molar-refractivity contribution in [1.82, 2.24) is 5.32 Å². The lowest BCUT2D eigenvalue weighted by Gasteiger charge is -2.08. The molecule has 0 aliphatic carbocycles. The Kier molecular flexibility index (Phi) is 4.61. The zero-order valence-corrected chi connectivity index (χ0v) is 11.6. The number of nitrogens with one attached hydrogen (secondary N) is 1. The van der Waals surface area contributed by atoms with Gasteiger partial charge < -0.3 is 20.5 Å². The lowest BCUT2D eigenvalue weighted by molar-refractivity contribution is -0.122. The zero-order chi connectivity index (χ0) is 15.2. The lowest BCUT2D eigenvalue weighted by atomic mass is 10.1. The van der Waals surface area contributed by atoms with Crippen molar-refractivity contribution in [1.29, 1.82) is 0 Å². The molecule has 110 valence electrons. The van der Waals surface area contributed by atoms with Crippen LogP contribution in [0.5, 0.6) is 11.5 Å². The van der Waals surface area contributed by atoms with Gasteiger partial charge in [0.15, 0.2) is 13.2 Å². The van der Waals surface area contributed by atoms with Crippen molar-refractivity contribution >= 4 is 22.6 Å². The molecule has 2 aromatic carbocycles. The molecule has 6 heteroatoms. The zero-order valence-electron chi connectivity index (χ0n) is 11.6. The summed E-state index contributed by atoms with van der Waals surface area (Å²) in [5, 5.41) is 4.36. The highest BCUT2D eigenvalue weighted by molar-refractivity contribution is 5.85. The van der Waals surface area contributed by atoms with E-state index in [9.17, 15) is 9.59 Å². The Morgan fingerprint density at radius 1 is 1.00 bits per heavy atom. The van der Waals surface area contributed by atoms with Crippen molar-refractivity contribution in [3.8, 4) is 11.5 Å². The Hall–Kier alpha value is -2.76. The van der Waals surface area contributed by atoms with Crippen molar-refractivity contribution in [3.63, 3.8) is 0 Å². The Bertz CT molecular complexity index is 670. The molecule has 0 atom stereocenters. The molecule has 0 spiro atoms. The minimum absolute atomic E-state index is 0.0260. The predicted molar refractivity (Wildman–Crippen MR) is 78.2 cm³/mol. The predicted octanol–water partition coefficient (Wildman–Crippen LogP) is 0.829. The molecule has 0 aliphatic heterocycles. The molecule has 3 N–H and O–H groups in total. The Labute approximate surface area is 121 Å². The highest BCUT2D eigenvalue weighted by atomic mass is 16.5. The molecule has 2 aromatic rings. The van der Waals surface area contributed by atoms with Gasteiger partial charge in [0, 0.05) is 7.05 Å². The maximum atomic E-state index is 11.1. The molecule has 0 fully saturated rings. The van der Waals surface area contributed by atoms with E-state index < -0.39 is 5.91 Å². The number of hydrogen-bond acceptors (Lipinski definition) is 4. The normalized spacial score (nSPS) is 10.1. The first-order valence-corrected chi connectivity index (χ1v) is 6.37. The van der Waals surface area contributed by atoms with E-state index in [-0.39, 0.29) is 19.1 Å². The summed E-state index contributed by atoms with van der Waals surface area (Å²) < 4.78 is 10.6. The molecule has 0 aliphatic rings. The van der Waals surface area contributed by atoms with Crippen molar-refractivity contribution in [2.24, 2.45) is 5.73 Å². The summed E-state index contributed by atoms with van der Waals surface area (Å²) in [6.45, 7) is -0.180. The van der Waals surface area contributed by atoms with Crippen molar-refractivity contribution in [2.75, 3.05) is 20.3 Å². The molecule has 0 heterocycles. The van der Waals surface area contributed by atoms with Crippen molar-refractivity contribution in [3.05, 3.63) is 36.4 Å². The number of carbonyl (C=O) groups is 2. The summed E-state index contributed by atoms with van der Waals surface area (Å²) in [5.74, 6) is 0.468. The van der Waals surface area contributed by atoms with Crippen LogP contribution in [0.25, 0.3) is 10.8 Å². The van der Waals surface area contributed by atoms with Gasteiger partial charge in [0.1, 0.15) is 11.5 Å². The Balaban J connectivity index is 2.11. The second-order valence-corrected chi connectivity index (χ2v) is 4.39. The minimum atomic E-state index is -0.520. The molecular weight excluding hydrogens is 272 g/mol. The second kappa shape index (κ2) is 6.60. The van der Waals surface area contributed by atoms with Crippen LogP contribution in [0.2, 0.25) is 0 Å². The maximum absolute atomic E-state index is 11.1. The first-order valence-electron chi connectivity index (χ1n) is 6.37. The average Bonchev–Trinajstić information content (AvgIpc) is 2.50. The fraction of sp³-hybridized carbons (Fsp3) is 0.200. The molecule has 0 aromatic heterocycles. The van der Waals surface area contributed by atoms with Gasteiger partial charge in [-0.25, -0.2) is 0 Å². The number of carbonyl (C=O) groups excluding carboxylic acids is 2. The van der Waals surface area contributed by atoms with E-state index in [2.05, 4.69) is 5.32 Å². The first-order chi connectivity index (χ1) is 10.1. The summed E-state index contributed by atoms with van der Waals surface area (Å²) >= 11 is 0. The van der Waals surface area contributed by atoms with Crippen molar-refractivity contribution in [2.45, 2.75) is 0 Å². The summed E-state index contributed by atoms with van der Waals surface area (Å²) in [7, 11) is 1.56. The van der Waals surface area contributed by atoms with Crippen LogP contribution in [0.4, 0.5) is 0 Å². The van der Waals surface area contributed by atoms with Gasteiger partial charge in [0.2, 0.25) is 0 Å². The Morgan fingerprint density at radius 2 is 1.52 bits per heavy atom. The fourth-order valence-electron chi connectivity index (χ4n) is 1.76. The van der Waals surface area contributed by atoms with Gasteiger partial charge in [-0.2, -0.15) is 0 Å². The Morgan fingerprint density at radius 3 is 2.00 bits per heavy atom. The third-order valence-electron chi connectivity index (χ3n) is 2.81. The molecule has 0 saturated carbocycles. The molecular formula is C15H16N2O4. The SMILES string of the molecule is CNC(=O)COc1ccc2cc(OCC(N)=O)ccc2c1. The van der Waals surface area contributed by atoms with Crippen LogP contribution in [0.15, 0.2) is 36.4 Å². The first kappa shape index (κ1) is 14.6. The highest BCUT2D eigenvalue weighted by Gasteiger charge is 2.03. The van der Waals surface area contributed by atoms with Gasteiger partial charge in [0.05, 0.1) is 0 Å². The number of rotatable bonds is 6. The summed E-state index contributed by atoms with van der Waals surface area (Å²) in [6, 6.07) is 10.8. The van der Waals surface area contributed by atoms with Crippen LogP contribution in [-0.4, -0.2) is 32.1 Å². The highest BCUT2D eigenvalue weighted by Crippen LogP contribution is 2.25. The number of hydrogen-bond donors (Lipinski definition) is 2. The van der Waals surface area contributed by atoms with E-state index in [1.54, 1.807) is 25.2 Å². The fourth-order valence-corrected chi connectivity index (χ4v) is 1.76. The van der Waals surface area contributed by atoms with E-state index in [4.69, 9.17) is 15.2 Å². The third-order valence-corrected chi connectivity index (χ3v) is 2.81. The standard InChI is InChI=1S/C15H16N2O4/c1-17-15(19)9-21-13-5-3-10-6-12(20-8-14(16)18)4-2-11(10)7-13/h2-7H,8-9H2,1H3,(H2,16,18)(H,17,19). The largest absolute Gasteiger partial charge is 0.484 e. The molecule has 6 nitrogen and oxygen atoms in total. The van der Waals surface area contributed by atoms with Crippen LogP contribution >= 0.6 is 0 Å². The van der Waals surface area contributed by atoms with E-state index >= 15 is 0 Å². The van der Waals surface area contributed by atoms with Gasteiger partial charge >= 0.3 is 0 Å². The quantitative estimate of drug-likeness (QED) is 0.823. The number of primary amides is 1.